The minimum Gasteiger partial charge on any atom is -0.454 e. The van der Waals surface area contributed by atoms with Crippen LogP contribution in [0.15, 0.2) is 35.4 Å². The SMILES string of the molecule is COC1OC(CN=[N+]=[N-])C(OC(=O)c2ccccc2)C(OC(C)=O)C1OC(C)=O. The van der Waals surface area contributed by atoms with Gasteiger partial charge in [0.15, 0.2) is 24.6 Å². The lowest BCUT2D eigenvalue weighted by Crippen LogP contribution is -2.62. The van der Waals surface area contributed by atoms with Gasteiger partial charge >= 0.3 is 17.9 Å². The lowest BCUT2D eigenvalue weighted by molar-refractivity contribution is -0.293. The molecule has 11 nitrogen and oxygen atoms in total. The Morgan fingerprint density at radius 1 is 1.03 bits per heavy atom. The maximum Gasteiger partial charge on any atom is 0.338 e. The van der Waals surface area contributed by atoms with Gasteiger partial charge in [-0.15, -0.1) is 0 Å². The first-order chi connectivity index (χ1) is 13.9. The molecule has 0 aromatic heterocycles. The Balaban J connectivity index is 2.40. The number of carbonyl (C=O) groups is 3. The van der Waals surface area contributed by atoms with Crippen LogP contribution in [0.2, 0.25) is 0 Å². The van der Waals surface area contributed by atoms with Gasteiger partial charge in [-0.1, -0.05) is 23.3 Å². The first kappa shape index (κ1) is 22.2. The van der Waals surface area contributed by atoms with Crippen molar-refractivity contribution in [3.8, 4) is 0 Å². The van der Waals surface area contributed by atoms with E-state index in [2.05, 4.69) is 10.0 Å². The van der Waals surface area contributed by atoms with Crippen molar-refractivity contribution in [1.82, 2.24) is 0 Å². The van der Waals surface area contributed by atoms with Crippen LogP contribution in [-0.4, -0.2) is 62.3 Å². The van der Waals surface area contributed by atoms with Crippen molar-refractivity contribution in [2.75, 3.05) is 13.7 Å². The Morgan fingerprint density at radius 3 is 2.21 bits per heavy atom. The Bertz CT molecular complexity index is 781. The van der Waals surface area contributed by atoms with Gasteiger partial charge in [-0.2, -0.15) is 0 Å². The molecule has 1 aromatic rings. The van der Waals surface area contributed by atoms with E-state index in [1.54, 1.807) is 18.2 Å². The molecule has 5 atom stereocenters. The van der Waals surface area contributed by atoms with Crippen molar-refractivity contribution in [2.24, 2.45) is 5.11 Å². The molecule has 1 fully saturated rings. The van der Waals surface area contributed by atoms with E-state index >= 15 is 0 Å². The first-order valence-corrected chi connectivity index (χ1v) is 8.67. The molecule has 0 aliphatic carbocycles. The summed E-state index contributed by atoms with van der Waals surface area (Å²) in [4.78, 5) is 38.5. The second-order valence-corrected chi connectivity index (χ2v) is 6.08. The molecule has 156 valence electrons. The summed E-state index contributed by atoms with van der Waals surface area (Å²) < 4.78 is 26.9. The maximum absolute atomic E-state index is 12.6. The molecular weight excluding hydrogens is 386 g/mol. The summed E-state index contributed by atoms with van der Waals surface area (Å²) in [6.07, 6.45) is -5.85. The molecule has 0 spiro atoms. The van der Waals surface area contributed by atoms with Gasteiger partial charge in [-0.05, 0) is 17.7 Å². The van der Waals surface area contributed by atoms with Crippen LogP contribution in [0, 0.1) is 0 Å². The smallest absolute Gasteiger partial charge is 0.338 e. The van der Waals surface area contributed by atoms with Crippen LogP contribution in [0.4, 0.5) is 0 Å². The third kappa shape index (κ3) is 5.92. The largest absolute Gasteiger partial charge is 0.454 e. The minimum absolute atomic E-state index is 0.242. The van der Waals surface area contributed by atoms with Gasteiger partial charge in [0.05, 0.1) is 12.1 Å². The molecule has 0 N–H and O–H groups in total. The second-order valence-electron chi connectivity index (χ2n) is 6.08. The molecule has 0 saturated carbocycles. The van der Waals surface area contributed by atoms with E-state index in [1.807, 2.05) is 0 Å². The standard InChI is InChI=1S/C18H21N3O8/c1-10(22)26-15-14(29-17(24)12-7-5-4-6-8-12)13(9-20-21-19)28-18(25-3)16(15)27-11(2)23/h4-8,13-16,18H,9H2,1-3H3. The number of esters is 3. The van der Waals surface area contributed by atoms with Crippen LogP contribution in [0.25, 0.3) is 10.4 Å². The normalized spacial score (nSPS) is 26.0. The lowest BCUT2D eigenvalue weighted by Gasteiger charge is -2.43. The Hall–Kier alpha value is -3.14. The quantitative estimate of drug-likeness (QED) is 0.218. The molecule has 0 bridgehead atoms. The summed E-state index contributed by atoms with van der Waals surface area (Å²) in [6, 6.07) is 8.11. The third-order valence-electron chi connectivity index (χ3n) is 4.01. The number of carbonyl (C=O) groups excluding carboxylic acids is 3. The van der Waals surface area contributed by atoms with Crippen LogP contribution in [0.3, 0.4) is 0 Å². The van der Waals surface area contributed by atoms with Crippen LogP contribution < -0.4 is 0 Å². The fourth-order valence-corrected chi connectivity index (χ4v) is 2.88. The summed E-state index contributed by atoms with van der Waals surface area (Å²) >= 11 is 0. The number of hydrogen-bond donors (Lipinski definition) is 0. The fourth-order valence-electron chi connectivity index (χ4n) is 2.88. The molecule has 11 heteroatoms. The van der Waals surface area contributed by atoms with Gasteiger partial charge < -0.3 is 23.7 Å². The fraction of sp³-hybridized carbons (Fsp3) is 0.500. The maximum atomic E-state index is 12.6. The number of benzene rings is 1. The summed E-state index contributed by atoms with van der Waals surface area (Å²) in [6.45, 7) is 2.07. The van der Waals surface area contributed by atoms with E-state index in [-0.39, 0.29) is 12.1 Å². The van der Waals surface area contributed by atoms with Crippen molar-refractivity contribution in [3.63, 3.8) is 0 Å². The minimum atomic E-state index is -1.25. The highest BCUT2D eigenvalue weighted by Gasteiger charge is 2.52. The highest BCUT2D eigenvalue weighted by atomic mass is 16.7. The molecule has 1 aliphatic rings. The zero-order valence-corrected chi connectivity index (χ0v) is 16.1. The zero-order valence-electron chi connectivity index (χ0n) is 16.1. The number of methoxy groups -OCH3 is 1. The zero-order chi connectivity index (χ0) is 21.4. The third-order valence-corrected chi connectivity index (χ3v) is 4.01. The van der Waals surface area contributed by atoms with Crippen molar-refractivity contribution in [3.05, 3.63) is 46.3 Å². The summed E-state index contributed by atoms with van der Waals surface area (Å²) in [7, 11) is 1.30. The molecule has 5 unspecified atom stereocenters. The van der Waals surface area contributed by atoms with Crippen molar-refractivity contribution < 1.29 is 38.1 Å². The molecule has 1 heterocycles. The molecule has 0 amide bonds. The highest BCUT2D eigenvalue weighted by molar-refractivity contribution is 5.89. The summed E-state index contributed by atoms with van der Waals surface area (Å²) in [5.74, 6) is -2.11. The predicted octanol–water partition coefficient (Wildman–Crippen LogP) is 1.76. The molecule has 1 aromatic carbocycles. The van der Waals surface area contributed by atoms with Crippen LogP contribution in [-0.2, 0) is 33.3 Å². The van der Waals surface area contributed by atoms with E-state index < -0.39 is 48.6 Å². The van der Waals surface area contributed by atoms with E-state index in [0.29, 0.717) is 0 Å². The monoisotopic (exact) mass is 407 g/mol. The van der Waals surface area contributed by atoms with Crippen molar-refractivity contribution >= 4 is 17.9 Å². The number of ether oxygens (including phenoxy) is 5. The van der Waals surface area contributed by atoms with Crippen LogP contribution >= 0.6 is 0 Å². The Labute approximate surface area is 166 Å². The molecule has 29 heavy (non-hydrogen) atoms. The van der Waals surface area contributed by atoms with E-state index in [9.17, 15) is 14.4 Å². The van der Waals surface area contributed by atoms with Crippen LogP contribution in [0.1, 0.15) is 24.2 Å². The first-order valence-electron chi connectivity index (χ1n) is 8.67. The average molecular weight is 407 g/mol. The molecule has 2 rings (SSSR count). The van der Waals surface area contributed by atoms with Gasteiger partial charge in [-0.3, -0.25) is 9.59 Å². The lowest BCUT2D eigenvalue weighted by atomic mass is 9.97. The average Bonchev–Trinajstić information content (AvgIpc) is 2.69. The van der Waals surface area contributed by atoms with E-state index in [1.165, 1.54) is 19.2 Å². The Morgan fingerprint density at radius 2 is 1.66 bits per heavy atom. The van der Waals surface area contributed by atoms with Crippen molar-refractivity contribution in [2.45, 2.75) is 44.6 Å². The van der Waals surface area contributed by atoms with Gasteiger partial charge in [0.2, 0.25) is 0 Å². The van der Waals surface area contributed by atoms with E-state index in [0.717, 1.165) is 13.8 Å². The van der Waals surface area contributed by atoms with Crippen LogP contribution in [0.5, 0.6) is 0 Å². The predicted molar refractivity (Wildman–Crippen MR) is 96.4 cm³/mol. The van der Waals surface area contributed by atoms with Gasteiger partial charge in [0, 0.05) is 25.9 Å². The number of hydrogen-bond acceptors (Lipinski definition) is 9. The summed E-state index contributed by atoms with van der Waals surface area (Å²) in [5, 5.41) is 3.45. The van der Waals surface area contributed by atoms with Gasteiger partial charge in [0.1, 0.15) is 6.10 Å². The van der Waals surface area contributed by atoms with Gasteiger partial charge in [0.25, 0.3) is 0 Å². The highest BCUT2D eigenvalue weighted by Crippen LogP contribution is 2.30. The number of nitrogens with zero attached hydrogens (tertiary/aromatic N) is 3. The molecule has 1 aliphatic heterocycles. The Kier molecular flexibility index (Phi) is 7.96. The number of azide groups is 1. The van der Waals surface area contributed by atoms with Gasteiger partial charge in [-0.25, -0.2) is 4.79 Å². The molecular formula is C18H21N3O8. The molecule has 1 saturated heterocycles. The second kappa shape index (κ2) is 10.4. The topological polar surface area (TPSA) is 146 Å². The van der Waals surface area contributed by atoms with E-state index in [4.69, 9.17) is 29.2 Å². The summed E-state index contributed by atoms with van der Waals surface area (Å²) in [5.41, 5.74) is 8.90. The molecule has 0 radical (unpaired) electrons. The number of rotatable bonds is 7. The van der Waals surface area contributed by atoms with Crippen molar-refractivity contribution in [1.29, 1.82) is 0 Å².